The zero-order chi connectivity index (χ0) is 43.0. The first-order valence-electron chi connectivity index (χ1n) is 20.4. The zero-order valence-electron chi connectivity index (χ0n) is 35.5. The van der Waals surface area contributed by atoms with Gasteiger partial charge in [-0.05, 0) is 74.7 Å². The quantitative estimate of drug-likeness (QED) is 0.0779. The van der Waals surface area contributed by atoms with Crippen molar-refractivity contribution in [3.05, 3.63) is 95.9 Å². The summed E-state index contributed by atoms with van der Waals surface area (Å²) in [5.74, 6) is -0.835. The molecule has 3 heterocycles. The number of fused-ring (bicyclic) bond motifs is 1. The highest BCUT2D eigenvalue weighted by Gasteiger charge is 2.28. The van der Waals surface area contributed by atoms with Gasteiger partial charge < -0.3 is 39.1 Å². The smallest absolute Gasteiger partial charge is 0.410 e. The first-order valence-corrected chi connectivity index (χ1v) is 24.2. The lowest BCUT2D eigenvalue weighted by Crippen LogP contribution is -2.49. The van der Waals surface area contributed by atoms with E-state index in [0.29, 0.717) is 55.8 Å². The molecule has 0 saturated carbocycles. The third-order valence-electron chi connectivity index (χ3n) is 10.1. The van der Waals surface area contributed by atoms with Crippen molar-refractivity contribution in [3.63, 3.8) is 0 Å². The number of phenolic OH excluding ortho intramolecular Hbond substituents is 1. The maximum Gasteiger partial charge on any atom is 0.410 e. The van der Waals surface area contributed by atoms with Crippen LogP contribution >= 0.6 is 0 Å². The minimum absolute atomic E-state index is 0.0134. The number of aromatic hydroxyl groups is 1. The van der Waals surface area contributed by atoms with Gasteiger partial charge in [0.1, 0.15) is 36.2 Å². The summed E-state index contributed by atoms with van der Waals surface area (Å²) in [6.07, 6.45) is 1.08. The number of hydrogen-bond donors (Lipinski definition) is 2. The second-order valence-corrected chi connectivity index (χ2v) is 22.9. The summed E-state index contributed by atoms with van der Waals surface area (Å²) < 4.78 is 34.5. The Morgan fingerprint density at radius 1 is 0.967 bits per heavy atom. The average molecular weight is 841 g/mol. The number of ether oxygens (including phenoxy) is 3. The van der Waals surface area contributed by atoms with Crippen molar-refractivity contribution in [2.24, 2.45) is 0 Å². The van der Waals surface area contributed by atoms with Crippen LogP contribution in [0.2, 0.25) is 25.7 Å². The molecular weight excluding hydrogens is 784 g/mol. The molecule has 2 amide bonds. The minimum Gasteiger partial charge on any atom is -0.507 e. The molecular formula is C45H57FN6O7Si. The predicted molar refractivity (Wildman–Crippen MR) is 233 cm³/mol. The van der Waals surface area contributed by atoms with Crippen molar-refractivity contribution >= 4 is 36.9 Å². The molecule has 1 aliphatic heterocycles. The van der Waals surface area contributed by atoms with E-state index in [1.165, 1.54) is 18.2 Å². The molecule has 0 atom stereocenters. The first kappa shape index (κ1) is 44.0. The highest BCUT2D eigenvalue weighted by molar-refractivity contribution is 6.76. The van der Waals surface area contributed by atoms with Crippen molar-refractivity contribution in [1.82, 2.24) is 24.6 Å². The van der Waals surface area contributed by atoms with Crippen LogP contribution in [0, 0.1) is 5.82 Å². The number of nitrogens with zero attached hydrogens (tertiary/aromatic N) is 6. The van der Waals surface area contributed by atoms with E-state index >= 15 is 4.39 Å². The number of aromatic nitrogens is 3. The Morgan fingerprint density at radius 3 is 2.40 bits per heavy atom. The molecule has 2 aromatic heterocycles. The normalized spacial score (nSPS) is 13.5. The molecule has 0 spiro atoms. The zero-order valence-corrected chi connectivity index (χ0v) is 36.5. The van der Waals surface area contributed by atoms with Crippen molar-refractivity contribution in [3.8, 4) is 28.3 Å². The lowest BCUT2D eigenvalue weighted by atomic mass is 10.0. The molecule has 13 nitrogen and oxygen atoms in total. The molecule has 0 unspecified atom stereocenters. The predicted octanol–water partition coefficient (Wildman–Crippen LogP) is 8.50. The van der Waals surface area contributed by atoms with E-state index in [9.17, 15) is 19.8 Å². The number of rotatable bonds is 15. The summed E-state index contributed by atoms with van der Waals surface area (Å²) in [6, 6.07) is 22.4. The number of piperazine rings is 1. The number of pyridine rings is 1. The highest BCUT2D eigenvalue weighted by atomic mass is 28.3. The van der Waals surface area contributed by atoms with E-state index in [0.717, 1.165) is 28.4 Å². The summed E-state index contributed by atoms with van der Waals surface area (Å²) >= 11 is 0. The van der Waals surface area contributed by atoms with E-state index in [2.05, 4.69) is 29.5 Å². The molecule has 6 rings (SSSR count). The molecule has 0 bridgehead atoms. The molecule has 1 aliphatic rings. The van der Waals surface area contributed by atoms with Gasteiger partial charge in [0.15, 0.2) is 0 Å². The SMILES string of the molecule is CC(C)(C)OC(=O)N(CCCO)Cc1cc(-c2nn(COCC[Si](C)(C)C)c3cnc(-c4c(O)cccc4F)cc23)ccc1N1CCN(C(=O)OCc2ccccc2)CC1. The Morgan fingerprint density at radius 2 is 1.72 bits per heavy atom. The van der Waals surface area contributed by atoms with Gasteiger partial charge in [0, 0.05) is 70.6 Å². The van der Waals surface area contributed by atoms with Gasteiger partial charge in [-0.2, -0.15) is 5.10 Å². The van der Waals surface area contributed by atoms with Crippen molar-refractivity contribution < 1.29 is 38.4 Å². The van der Waals surface area contributed by atoms with Crippen LogP contribution in [0.3, 0.4) is 0 Å². The molecule has 2 N–H and O–H groups in total. The second kappa shape index (κ2) is 19.3. The van der Waals surface area contributed by atoms with E-state index in [-0.39, 0.29) is 56.1 Å². The number of amides is 2. The van der Waals surface area contributed by atoms with Gasteiger partial charge in [-0.1, -0.05) is 62.1 Å². The third kappa shape index (κ3) is 11.4. The van der Waals surface area contributed by atoms with Crippen molar-refractivity contribution in [2.75, 3.05) is 50.8 Å². The van der Waals surface area contributed by atoms with Crippen LogP contribution < -0.4 is 4.90 Å². The number of phenols is 1. The number of aliphatic hydroxyl groups excluding tert-OH is 1. The molecule has 5 aromatic rings. The van der Waals surface area contributed by atoms with Crippen LogP contribution in [0.4, 0.5) is 19.7 Å². The molecule has 0 aliphatic carbocycles. The van der Waals surface area contributed by atoms with Crippen LogP contribution in [0.15, 0.2) is 79.0 Å². The molecule has 320 valence electrons. The number of anilines is 1. The number of benzene rings is 3. The fraction of sp³-hybridized carbons (Fsp3) is 0.422. The van der Waals surface area contributed by atoms with Crippen LogP contribution in [0.25, 0.3) is 33.4 Å². The fourth-order valence-electron chi connectivity index (χ4n) is 6.95. The standard InChI is InChI=1S/C45H57FN6O7Si/c1-45(2,3)59-44(56)51(18-11-23-53)29-34-26-33(16-17-38(34)49-19-21-50(22-20-49)43(55)58-30-32-12-8-7-9-13-32)42-35-27-37(41-36(46)14-10-15-40(41)54)47-28-39(35)52(48-42)31-57-24-25-60(4,5)6/h7-10,12-17,26-28,53-54H,11,18-25,29-31H2,1-6H3. The summed E-state index contributed by atoms with van der Waals surface area (Å²) in [6.45, 7) is 15.4. The summed E-state index contributed by atoms with van der Waals surface area (Å²) in [5.41, 5.74) is 4.03. The topological polar surface area (TPSA) is 143 Å². The van der Waals surface area contributed by atoms with E-state index in [1.807, 2.05) is 69.3 Å². The monoisotopic (exact) mass is 840 g/mol. The van der Waals surface area contributed by atoms with Gasteiger partial charge in [0.05, 0.1) is 29.5 Å². The Kier molecular flexibility index (Phi) is 14.1. The lowest BCUT2D eigenvalue weighted by molar-refractivity contribution is 0.0224. The maximum absolute atomic E-state index is 15.2. The van der Waals surface area contributed by atoms with Gasteiger partial charge in [-0.15, -0.1) is 0 Å². The van der Waals surface area contributed by atoms with Crippen molar-refractivity contribution in [1.29, 1.82) is 0 Å². The summed E-state index contributed by atoms with van der Waals surface area (Å²) in [5, 5.41) is 26.2. The highest BCUT2D eigenvalue weighted by Crippen LogP contribution is 2.37. The maximum atomic E-state index is 15.2. The van der Waals surface area contributed by atoms with Crippen LogP contribution in [-0.2, 0) is 34.1 Å². The summed E-state index contributed by atoms with van der Waals surface area (Å²) in [4.78, 5) is 36.7. The van der Waals surface area contributed by atoms with Gasteiger partial charge in [-0.3, -0.25) is 4.98 Å². The molecule has 0 radical (unpaired) electrons. The average Bonchev–Trinajstić information content (AvgIpc) is 3.57. The van der Waals surface area contributed by atoms with E-state index in [1.54, 1.807) is 26.7 Å². The molecule has 1 fully saturated rings. The van der Waals surface area contributed by atoms with Gasteiger partial charge in [0.2, 0.25) is 0 Å². The lowest BCUT2D eigenvalue weighted by Gasteiger charge is -2.37. The van der Waals surface area contributed by atoms with Crippen LogP contribution in [0.1, 0.15) is 38.3 Å². The second-order valence-electron chi connectivity index (χ2n) is 17.3. The molecule has 15 heteroatoms. The van der Waals surface area contributed by atoms with Gasteiger partial charge >= 0.3 is 12.2 Å². The van der Waals surface area contributed by atoms with E-state index in [4.69, 9.17) is 19.3 Å². The van der Waals surface area contributed by atoms with Crippen LogP contribution in [-0.4, -0.2) is 107 Å². The number of hydrogen-bond acceptors (Lipinski definition) is 10. The van der Waals surface area contributed by atoms with Crippen LogP contribution in [0.5, 0.6) is 5.75 Å². The number of carbonyl (C=O) groups is 2. The Balaban J connectivity index is 1.37. The number of aliphatic hydroxyl groups is 1. The largest absolute Gasteiger partial charge is 0.507 e. The Labute approximate surface area is 352 Å². The third-order valence-corrected chi connectivity index (χ3v) is 11.8. The van der Waals surface area contributed by atoms with E-state index < -0.39 is 25.6 Å². The minimum atomic E-state index is -1.36. The number of carbonyl (C=O) groups excluding carboxylic acids is 2. The summed E-state index contributed by atoms with van der Waals surface area (Å²) in [7, 11) is -1.36. The van der Waals surface area contributed by atoms with Gasteiger partial charge in [-0.25, -0.2) is 18.7 Å². The molecule has 60 heavy (non-hydrogen) atoms. The fourth-order valence-corrected chi connectivity index (χ4v) is 7.71. The first-order chi connectivity index (χ1) is 28.6. The van der Waals surface area contributed by atoms with Gasteiger partial charge in [0.25, 0.3) is 0 Å². The van der Waals surface area contributed by atoms with Crippen molar-refractivity contribution in [2.45, 2.75) is 78.4 Å². The number of halogens is 1. The Hall–Kier alpha value is -5.51. The molecule has 3 aromatic carbocycles. The Bertz CT molecular complexity index is 2230. The molecule has 1 saturated heterocycles.